The lowest BCUT2D eigenvalue weighted by atomic mass is 9.98. The van der Waals surface area contributed by atoms with Gasteiger partial charge in [-0.05, 0) is 56.0 Å². The Morgan fingerprint density at radius 1 is 0.957 bits per heavy atom. The fourth-order valence-corrected chi connectivity index (χ4v) is 3.35. The van der Waals surface area contributed by atoms with E-state index in [9.17, 15) is 9.90 Å². The van der Waals surface area contributed by atoms with Crippen molar-refractivity contribution < 1.29 is 14.3 Å². The second-order valence-electron chi connectivity index (χ2n) is 6.16. The summed E-state index contributed by atoms with van der Waals surface area (Å²) in [7, 11) is 0. The van der Waals surface area contributed by atoms with Crippen molar-refractivity contribution in [3.05, 3.63) is 46.8 Å². The van der Waals surface area contributed by atoms with Crippen LogP contribution in [0.15, 0.2) is 45.6 Å². The third-order valence-electron chi connectivity index (χ3n) is 4.52. The van der Waals surface area contributed by atoms with Crippen molar-refractivity contribution in [3.63, 3.8) is 0 Å². The Labute approximate surface area is 133 Å². The van der Waals surface area contributed by atoms with E-state index in [1.807, 2.05) is 12.1 Å². The average Bonchev–Trinajstić information content (AvgIpc) is 2.56. The van der Waals surface area contributed by atoms with Crippen LogP contribution in [0.3, 0.4) is 0 Å². The molecular formula is C19H18O4. The third-order valence-corrected chi connectivity index (χ3v) is 4.52. The molecule has 0 bridgehead atoms. The number of ether oxygens (including phenoxy) is 1. The Morgan fingerprint density at radius 3 is 2.57 bits per heavy atom. The van der Waals surface area contributed by atoms with E-state index >= 15 is 0 Å². The van der Waals surface area contributed by atoms with E-state index in [2.05, 4.69) is 0 Å². The summed E-state index contributed by atoms with van der Waals surface area (Å²) in [5, 5.41) is 11.7. The number of aromatic hydroxyl groups is 1. The van der Waals surface area contributed by atoms with Crippen molar-refractivity contribution in [2.45, 2.75) is 38.2 Å². The Balaban J connectivity index is 1.79. The molecule has 23 heavy (non-hydrogen) atoms. The van der Waals surface area contributed by atoms with Gasteiger partial charge in [0.2, 0.25) is 0 Å². The maximum absolute atomic E-state index is 12.2. The molecule has 4 heteroatoms. The van der Waals surface area contributed by atoms with Crippen LogP contribution in [-0.2, 0) is 0 Å². The van der Waals surface area contributed by atoms with Gasteiger partial charge in [-0.1, -0.05) is 6.42 Å². The fraction of sp³-hybridized carbons (Fsp3) is 0.316. The highest BCUT2D eigenvalue weighted by molar-refractivity contribution is 6.04. The van der Waals surface area contributed by atoms with Gasteiger partial charge in [0, 0.05) is 16.8 Å². The summed E-state index contributed by atoms with van der Waals surface area (Å²) in [5.41, 5.74) is -0.0179. The molecule has 1 fully saturated rings. The molecule has 0 amide bonds. The van der Waals surface area contributed by atoms with Crippen molar-refractivity contribution in [1.29, 1.82) is 0 Å². The first-order valence-corrected chi connectivity index (χ1v) is 8.07. The average molecular weight is 310 g/mol. The van der Waals surface area contributed by atoms with Crippen LogP contribution in [-0.4, -0.2) is 11.2 Å². The van der Waals surface area contributed by atoms with Gasteiger partial charge < -0.3 is 14.3 Å². The van der Waals surface area contributed by atoms with Crippen LogP contribution in [0, 0.1) is 0 Å². The summed E-state index contributed by atoms with van der Waals surface area (Å²) in [5.74, 6) is 0.798. The summed E-state index contributed by atoms with van der Waals surface area (Å²) in [6.45, 7) is 0. The minimum absolute atomic E-state index is 0.0808. The van der Waals surface area contributed by atoms with Crippen LogP contribution in [0.2, 0.25) is 0 Å². The number of phenolic OH excluding ortho intramolecular Hbond substituents is 1. The number of benzene rings is 2. The number of hydrogen-bond acceptors (Lipinski definition) is 4. The molecular weight excluding hydrogens is 292 g/mol. The summed E-state index contributed by atoms with van der Waals surface area (Å²) in [4.78, 5) is 12.2. The molecule has 0 radical (unpaired) electrons. The molecule has 0 atom stereocenters. The molecule has 0 spiro atoms. The predicted octanol–water partition coefficient (Wildman–Crippen LogP) is 4.36. The van der Waals surface area contributed by atoms with Gasteiger partial charge in [0.1, 0.15) is 17.1 Å². The predicted molar refractivity (Wildman–Crippen MR) is 89.2 cm³/mol. The van der Waals surface area contributed by atoms with Gasteiger partial charge in [-0.3, -0.25) is 0 Å². The molecule has 1 heterocycles. The molecule has 1 aliphatic rings. The van der Waals surface area contributed by atoms with E-state index in [0.29, 0.717) is 11.0 Å². The second-order valence-corrected chi connectivity index (χ2v) is 6.16. The maximum Gasteiger partial charge on any atom is 0.344 e. The summed E-state index contributed by atoms with van der Waals surface area (Å²) >= 11 is 0. The zero-order valence-corrected chi connectivity index (χ0v) is 12.7. The Kier molecular flexibility index (Phi) is 3.45. The number of rotatable bonds is 2. The topological polar surface area (TPSA) is 59.7 Å². The quantitative estimate of drug-likeness (QED) is 0.564. The van der Waals surface area contributed by atoms with Gasteiger partial charge in [0.05, 0.1) is 11.5 Å². The molecule has 1 aromatic heterocycles. The van der Waals surface area contributed by atoms with E-state index in [0.717, 1.165) is 29.4 Å². The first-order valence-electron chi connectivity index (χ1n) is 8.07. The number of fused-ring (bicyclic) bond motifs is 3. The van der Waals surface area contributed by atoms with Gasteiger partial charge in [-0.2, -0.15) is 0 Å². The van der Waals surface area contributed by atoms with Crippen molar-refractivity contribution in [1.82, 2.24) is 0 Å². The Hall–Kier alpha value is -2.49. The molecule has 1 aliphatic carbocycles. The summed E-state index contributed by atoms with van der Waals surface area (Å²) in [6, 6.07) is 10.4. The van der Waals surface area contributed by atoms with Crippen LogP contribution in [0.5, 0.6) is 11.5 Å². The summed E-state index contributed by atoms with van der Waals surface area (Å²) < 4.78 is 11.4. The molecule has 118 valence electrons. The van der Waals surface area contributed by atoms with Crippen LogP contribution in [0.25, 0.3) is 21.7 Å². The monoisotopic (exact) mass is 310 g/mol. The number of phenols is 1. The lowest BCUT2D eigenvalue weighted by Crippen LogP contribution is -2.19. The van der Waals surface area contributed by atoms with Crippen molar-refractivity contribution >= 4 is 21.7 Å². The minimum atomic E-state index is -0.410. The van der Waals surface area contributed by atoms with E-state index in [1.54, 1.807) is 18.2 Å². The van der Waals surface area contributed by atoms with Gasteiger partial charge in [0.25, 0.3) is 0 Å². The Morgan fingerprint density at radius 2 is 1.74 bits per heavy atom. The highest BCUT2D eigenvalue weighted by atomic mass is 16.5. The van der Waals surface area contributed by atoms with Gasteiger partial charge in [-0.15, -0.1) is 0 Å². The zero-order chi connectivity index (χ0) is 15.8. The molecule has 4 nitrogen and oxygen atoms in total. The zero-order valence-electron chi connectivity index (χ0n) is 12.7. The second kappa shape index (κ2) is 5.61. The van der Waals surface area contributed by atoms with Gasteiger partial charge in [0.15, 0.2) is 0 Å². The molecule has 2 aromatic carbocycles. The van der Waals surface area contributed by atoms with E-state index < -0.39 is 5.63 Å². The molecule has 0 aliphatic heterocycles. The largest absolute Gasteiger partial charge is 0.508 e. The van der Waals surface area contributed by atoms with Crippen molar-refractivity contribution in [2.24, 2.45) is 0 Å². The molecule has 1 saturated carbocycles. The SMILES string of the molecule is O=c1oc2cc(O)ccc2c2ccc(OC3CCCCC3)cc12. The molecule has 0 unspecified atom stereocenters. The molecule has 0 saturated heterocycles. The van der Waals surface area contributed by atoms with E-state index in [1.165, 1.54) is 25.3 Å². The molecule has 3 aromatic rings. The van der Waals surface area contributed by atoms with Crippen LogP contribution in [0.1, 0.15) is 32.1 Å². The van der Waals surface area contributed by atoms with Crippen molar-refractivity contribution in [2.75, 3.05) is 0 Å². The first kappa shape index (κ1) is 14.1. The normalized spacial score (nSPS) is 16.0. The maximum atomic E-state index is 12.2. The smallest absolute Gasteiger partial charge is 0.344 e. The Bertz CT molecular complexity index is 920. The van der Waals surface area contributed by atoms with E-state index in [-0.39, 0.29) is 11.9 Å². The van der Waals surface area contributed by atoms with Gasteiger partial charge in [-0.25, -0.2) is 4.79 Å². The highest BCUT2D eigenvalue weighted by Gasteiger charge is 2.16. The lowest BCUT2D eigenvalue weighted by Gasteiger charge is -2.23. The highest BCUT2D eigenvalue weighted by Crippen LogP contribution is 2.29. The third kappa shape index (κ3) is 2.65. The molecule has 4 rings (SSSR count). The lowest BCUT2D eigenvalue weighted by molar-refractivity contribution is 0.155. The van der Waals surface area contributed by atoms with Crippen LogP contribution < -0.4 is 10.4 Å². The first-order chi connectivity index (χ1) is 11.2. The molecule has 1 N–H and O–H groups in total. The minimum Gasteiger partial charge on any atom is -0.508 e. The summed E-state index contributed by atoms with van der Waals surface area (Å²) in [6.07, 6.45) is 6.07. The van der Waals surface area contributed by atoms with E-state index in [4.69, 9.17) is 9.15 Å². The fourth-order valence-electron chi connectivity index (χ4n) is 3.35. The van der Waals surface area contributed by atoms with Gasteiger partial charge >= 0.3 is 5.63 Å². The standard InChI is InChI=1S/C19H18O4/c20-12-6-8-16-15-9-7-14(22-13-4-2-1-3-5-13)11-17(15)19(21)23-18(16)10-12/h6-11,13,20H,1-5H2. The van der Waals surface area contributed by atoms with Crippen LogP contribution >= 0.6 is 0 Å². The number of hydrogen-bond donors (Lipinski definition) is 1. The van der Waals surface area contributed by atoms with Crippen LogP contribution in [0.4, 0.5) is 0 Å². The van der Waals surface area contributed by atoms with Crippen molar-refractivity contribution in [3.8, 4) is 11.5 Å².